The lowest BCUT2D eigenvalue weighted by molar-refractivity contribution is -0.115. The summed E-state index contributed by atoms with van der Waals surface area (Å²) >= 11 is 0. The summed E-state index contributed by atoms with van der Waals surface area (Å²) in [5.41, 5.74) is 9.34. The number of aryl methyl sites for hydroxylation is 1. The Labute approximate surface area is 137 Å². The molecule has 2 aromatic rings. The maximum atomic E-state index is 12.1. The minimum atomic E-state index is -0.0594. The summed E-state index contributed by atoms with van der Waals surface area (Å²) in [6.07, 6.45) is 3.82. The van der Waals surface area contributed by atoms with Gasteiger partial charge in [0, 0.05) is 5.69 Å². The summed E-state index contributed by atoms with van der Waals surface area (Å²) in [7, 11) is 1.56. The quantitative estimate of drug-likeness (QED) is 0.764. The number of carbonyl (C=O) groups is 1. The van der Waals surface area contributed by atoms with Crippen molar-refractivity contribution in [1.29, 1.82) is 0 Å². The Morgan fingerprint density at radius 2 is 1.83 bits per heavy atom. The van der Waals surface area contributed by atoms with Crippen molar-refractivity contribution in [3.8, 4) is 5.75 Å². The molecule has 4 heteroatoms. The van der Waals surface area contributed by atoms with Crippen LogP contribution >= 0.6 is 0 Å². The zero-order valence-electron chi connectivity index (χ0n) is 13.8. The molecule has 122 valence electrons. The minimum Gasteiger partial charge on any atom is -0.495 e. The van der Waals surface area contributed by atoms with E-state index < -0.39 is 0 Å². The van der Waals surface area contributed by atoms with Gasteiger partial charge in [-0.1, -0.05) is 37.6 Å². The molecule has 1 amide bonds. The number of carbonyl (C=O) groups excluding carboxylic acids is 1. The molecular formula is C19H24N2O2. The van der Waals surface area contributed by atoms with Crippen molar-refractivity contribution in [1.82, 2.24) is 0 Å². The Morgan fingerprint density at radius 1 is 1.13 bits per heavy atom. The zero-order chi connectivity index (χ0) is 16.7. The van der Waals surface area contributed by atoms with Gasteiger partial charge < -0.3 is 15.8 Å². The standard InChI is InChI=1S/C19H24N2O2/c1-3-4-5-14-6-8-15(9-7-14)12-19(22)21-16-10-11-18(23-2)17(20)13-16/h6-11,13H,3-5,12,20H2,1-2H3,(H,21,22). The lowest BCUT2D eigenvalue weighted by atomic mass is 10.0. The number of ether oxygens (including phenoxy) is 1. The second-order valence-electron chi connectivity index (χ2n) is 5.60. The van der Waals surface area contributed by atoms with Crippen molar-refractivity contribution >= 4 is 17.3 Å². The van der Waals surface area contributed by atoms with E-state index in [-0.39, 0.29) is 5.91 Å². The van der Waals surface area contributed by atoms with Gasteiger partial charge >= 0.3 is 0 Å². The van der Waals surface area contributed by atoms with Gasteiger partial charge in [0.1, 0.15) is 5.75 Å². The predicted octanol–water partition coefficient (Wildman–Crippen LogP) is 3.80. The smallest absolute Gasteiger partial charge is 0.228 e. The number of nitrogen functional groups attached to an aromatic ring is 1. The Hall–Kier alpha value is -2.49. The second-order valence-corrected chi connectivity index (χ2v) is 5.60. The van der Waals surface area contributed by atoms with E-state index in [4.69, 9.17) is 10.5 Å². The topological polar surface area (TPSA) is 64.3 Å². The zero-order valence-corrected chi connectivity index (χ0v) is 13.8. The van der Waals surface area contributed by atoms with Crippen LogP contribution in [-0.4, -0.2) is 13.0 Å². The number of benzene rings is 2. The normalized spacial score (nSPS) is 10.3. The van der Waals surface area contributed by atoms with Crippen LogP contribution in [0.15, 0.2) is 42.5 Å². The maximum absolute atomic E-state index is 12.1. The number of unbranched alkanes of at least 4 members (excludes halogenated alkanes) is 1. The van der Waals surface area contributed by atoms with Crippen LogP contribution in [0.25, 0.3) is 0 Å². The highest BCUT2D eigenvalue weighted by Gasteiger charge is 2.06. The van der Waals surface area contributed by atoms with E-state index in [2.05, 4.69) is 24.4 Å². The first-order chi connectivity index (χ1) is 11.1. The summed E-state index contributed by atoms with van der Waals surface area (Å²) in [6, 6.07) is 13.5. The molecule has 0 bridgehead atoms. The van der Waals surface area contributed by atoms with Crippen molar-refractivity contribution in [3.63, 3.8) is 0 Å². The molecule has 0 aliphatic heterocycles. The van der Waals surface area contributed by atoms with Gasteiger partial charge in [0.25, 0.3) is 0 Å². The molecule has 2 aromatic carbocycles. The fourth-order valence-electron chi connectivity index (χ4n) is 2.41. The third kappa shape index (κ3) is 5.02. The molecule has 23 heavy (non-hydrogen) atoms. The molecule has 0 spiro atoms. The van der Waals surface area contributed by atoms with Crippen LogP contribution in [0.3, 0.4) is 0 Å². The summed E-state index contributed by atoms with van der Waals surface area (Å²) in [4.78, 5) is 12.1. The predicted molar refractivity (Wildman–Crippen MR) is 94.8 cm³/mol. The monoisotopic (exact) mass is 312 g/mol. The van der Waals surface area contributed by atoms with Crippen LogP contribution in [-0.2, 0) is 17.6 Å². The van der Waals surface area contributed by atoms with Crippen LogP contribution in [0.4, 0.5) is 11.4 Å². The van der Waals surface area contributed by atoms with Crippen molar-refractivity contribution in [2.24, 2.45) is 0 Å². The fourth-order valence-corrected chi connectivity index (χ4v) is 2.41. The summed E-state index contributed by atoms with van der Waals surface area (Å²) in [5, 5.41) is 2.86. The highest BCUT2D eigenvalue weighted by Crippen LogP contribution is 2.24. The van der Waals surface area contributed by atoms with Gasteiger partial charge in [-0.15, -0.1) is 0 Å². The molecular weight excluding hydrogens is 288 g/mol. The summed E-state index contributed by atoms with van der Waals surface area (Å²) < 4.78 is 5.10. The molecule has 4 nitrogen and oxygen atoms in total. The number of amides is 1. The maximum Gasteiger partial charge on any atom is 0.228 e. The lowest BCUT2D eigenvalue weighted by Crippen LogP contribution is -2.14. The molecule has 0 fully saturated rings. The largest absolute Gasteiger partial charge is 0.495 e. The molecule has 0 aromatic heterocycles. The molecule has 2 rings (SSSR count). The lowest BCUT2D eigenvalue weighted by Gasteiger charge is -2.09. The number of nitrogens with one attached hydrogen (secondary N) is 1. The van der Waals surface area contributed by atoms with Gasteiger partial charge in [0.2, 0.25) is 5.91 Å². The third-order valence-electron chi connectivity index (χ3n) is 3.72. The molecule has 0 heterocycles. The van der Waals surface area contributed by atoms with Crippen LogP contribution in [0.1, 0.15) is 30.9 Å². The van der Waals surface area contributed by atoms with E-state index in [1.54, 1.807) is 25.3 Å². The SMILES string of the molecule is CCCCc1ccc(CC(=O)Nc2ccc(OC)c(N)c2)cc1. The van der Waals surface area contributed by atoms with Gasteiger partial charge in [-0.05, 0) is 42.2 Å². The number of methoxy groups -OCH3 is 1. The molecule has 3 N–H and O–H groups in total. The Balaban J connectivity index is 1.92. The number of rotatable bonds is 7. The Bertz CT molecular complexity index is 651. The number of nitrogens with two attached hydrogens (primary N) is 1. The van der Waals surface area contributed by atoms with Gasteiger partial charge in [-0.2, -0.15) is 0 Å². The summed E-state index contributed by atoms with van der Waals surface area (Å²) in [6.45, 7) is 2.19. The van der Waals surface area contributed by atoms with E-state index in [1.165, 1.54) is 18.4 Å². The van der Waals surface area contributed by atoms with Crippen molar-refractivity contribution in [2.75, 3.05) is 18.2 Å². The molecule has 0 atom stereocenters. The van der Waals surface area contributed by atoms with Gasteiger partial charge in [0.15, 0.2) is 0 Å². The number of hydrogen-bond donors (Lipinski definition) is 2. The first kappa shape index (κ1) is 16.9. The molecule has 0 saturated heterocycles. The first-order valence-electron chi connectivity index (χ1n) is 7.93. The van der Waals surface area contributed by atoms with Gasteiger partial charge in [-0.25, -0.2) is 0 Å². The fraction of sp³-hybridized carbons (Fsp3) is 0.316. The molecule has 0 saturated carbocycles. The van der Waals surface area contributed by atoms with E-state index >= 15 is 0 Å². The highest BCUT2D eigenvalue weighted by atomic mass is 16.5. The van der Waals surface area contributed by atoms with E-state index in [9.17, 15) is 4.79 Å². The van der Waals surface area contributed by atoms with Crippen LogP contribution in [0.5, 0.6) is 5.75 Å². The van der Waals surface area contributed by atoms with Crippen molar-refractivity contribution < 1.29 is 9.53 Å². The molecule has 0 unspecified atom stereocenters. The minimum absolute atomic E-state index is 0.0594. The van der Waals surface area contributed by atoms with Crippen LogP contribution in [0.2, 0.25) is 0 Å². The molecule has 0 aliphatic rings. The second kappa shape index (κ2) is 8.22. The van der Waals surface area contributed by atoms with E-state index in [0.29, 0.717) is 23.5 Å². The molecule has 0 radical (unpaired) electrons. The van der Waals surface area contributed by atoms with E-state index in [0.717, 1.165) is 12.0 Å². The van der Waals surface area contributed by atoms with E-state index in [1.807, 2.05) is 12.1 Å². The number of hydrogen-bond acceptors (Lipinski definition) is 3. The first-order valence-corrected chi connectivity index (χ1v) is 7.93. The average molecular weight is 312 g/mol. The molecule has 0 aliphatic carbocycles. The van der Waals surface area contributed by atoms with Gasteiger partial charge in [0.05, 0.1) is 19.2 Å². The Kier molecular flexibility index (Phi) is 6.03. The van der Waals surface area contributed by atoms with Crippen LogP contribution < -0.4 is 15.8 Å². The summed E-state index contributed by atoms with van der Waals surface area (Å²) in [5.74, 6) is 0.543. The number of anilines is 2. The third-order valence-corrected chi connectivity index (χ3v) is 3.72. The van der Waals surface area contributed by atoms with Gasteiger partial charge in [-0.3, -0.25) is 4.79 Å². The highest BCUT2D eigenvalue weighted by molar-refractivity contribution is 5.92. The van der Waals surface area contributed by atoms with Crippen molar-refractivity contribution in [2.45, 2.75) is 32.6 Å². The Morgan fingerprint density at radius 3 is 2.43 bits per heavy atom. The average Bonchev–Trinajstić information content (AvgIpc) is 2.54. The van der Waals surface area contributed by atoms with Crippen LogP contribution in [0, 0.1) is 0 Å². The van der Waals surface area contributed by atoms with Crippen molar-refractivity contribution in [3.05, 3.63) is 53.6 Å².